The SMILES string of the molecule is CC(C)C[C@H]1NC(=O)[C@H]2CCCN2C(=O)[C@@H](Cc2c[nH]c3ccccc23)NC(=O)CN(C(=O)c2ccncc2)C[C@H]2OCC[C@H](NC1=O)[C@@H]2O. The Morgan fingerprint density at radius 1 is 1.00 bits per heavy atom. The maximum absolute atomic E-state index is 14.4. The number of carbonyl (C=O) groups is 5. The van der Waals surface area contributed by atoms with Crippen molar-refractivity contribution >= 4 is 40.4 Å². The molecule has 0 saturated carbocycles. The van der Waals surface area contributed by atoms with Gasteiger partial charge in [0.2, 0.25) is 23.6 Å². The maximum Gasteiger partial charge on any atom is 0.254 e. The lowest BCUT2D eigenvalue weighted by atomic mass is 9.97. The van der Waals surface area contributed by atoms with E-state index in [-0.39, 0.29) is 31.1 Å². The fraction of sp³-hybridized carbons (Fsp3) is 0.500. The van der Waals surface area contributed by atoms with Crippen molar-refractivity contribution in [1.82, 2.24) is 35.7 Å². The zero-order valence-electron chi connectivity index (χ0n) is 28.3. The van der Waals surface area contributed by atoms with E-state index in [1.165, 1.54) is 34.3 Å². The first-order valence-corrected chi connectivity index (χ1v) is 17.3. The van der Waals surface area contributed by atoms with Crippen LogP contribution in [0.2, 0.25) is 0 Å². The number of ether oxygens (including phenoxy) is 1. The van der Waals surface area contributed by atoms with Gasteiger partial charge >= 0.3 is 0 Å². The van der Waals surface area contributed by atoms with Gasteiger partial charge in [-0.25, -0.2) is 0 Å². The molecule has 3 fully saturated rings. The molecule has 5 heterocycles. The molecule has 14 heteroatoms. The van der Waals surface area contributed by atoms with Crippen LogP contribution in [-0.4, -0.2) is 117 Å². The number of benzene rings is 1. The number of hydrogen-bond donors (Lipinski definition) is 5. The Morgan fingerprint density at radius 3 is 2.56 bits per heavy atom. The Hall–Kier alpha value is -4.82. The van der Waals surface area contributed by atoms with Crippen LogP contribution in [0.25, 0.3) is 10.9 Å². The number of aliphatic hydroxyl groups is 1. The van der Waals surface area contributed by atoms with Crippen molar-refractivity contribution < 1.29 is 33.8 Å². The van der Waals surface area contributed by atoms with Gasteiger partial charge in [0.05, 0.1) is 19.1 Å². The first-order valence-electron chi connectivity index (χ1n) is 17.3. The Bertz CT molecular complexity index is 1710. The van der Waals surface area contributed by atoms with E-state index in [0.29, 0.717) is 32.2 Å². The van der Waals surface area contributed by atoms with Crippen LogP contribution in [-0.2, 0) is 30.3 Å². The van der Waals surface area contributed by atoms with Crippen molar-refractivity contribution in [3.63, 3.8) is 0 Å². The van der Waals surface area contributed by atoms with Crippen LogP contribution in [0.15, 0.2) is 55.0 Å². The summed E-state index contributed by atoms with van der Waals surface area (Å²) >= 11 is 0. The molecule has 50 heavy (non-hydrogen) atoms. The number of para-hydroxylation sites is 1. The van der Waals surface area contributed by atoms with Crippen molar-refractivity contribution in [3.8, 4) is 0 Å². The number of carbonyl (C=O) groups excluding carboxylic acids is 5. The molecular weight excluding hydrogens is 642 g/mol. The molecule has 2 aromatic heterocycles. The molecule has 6 atom stereocenters. The quantitative estimate of drug-likeness (QED) is 0.262. The second-order valence-corrected chi connectivity index (χ2v) is 13.8. The standard InChI is InChI=1S/C36H45N7O7/c1-21(2)16-27-33(46)40-26-11-15-50-30(32(26)45)19-42(35(48)22-9-12-37-13-10-22)20-31(44)39-28(17-23-18-38-25-7-4-3-6-24(23)25)36(49)43-14-5-8-29(43)34(47)41-27/h3-4,6-7,9-10,12-13,18,21,26-30,32,38,45H,5,8,11,14-17,19-20H2,1-2H3,(H,39,44)(H,40,46)(H,41,47)/t26-,27+,28+,29+,30+,32-/m0/s1. The summed E-state index contributed by atoms with van der Waals surface area (Å²) in [5, 5.41) is 21.0. The molecule has 0 radical (unpaired) electrons. The van der Waals surface area contributed by atoms with Gasteiger partial charge in [0.25, 0.3) is 5.91 Å². The maximum atomic E-state index is 14.4. The largest absolute Gasteiger partial charge is 0.388 e. The lowest BCUT2D eigenvalue weighted by Gasteiger charge is -2.38. The number of nitrogens with one attached hydrogen (secondary N) is 4. The van der Waals surface area contributed by atoms with Crippen LogP contribution in [0, 0.1) is 5.92 Å². The third-order valence-corrected chi connectivity index (χ3v) is 9.74. The number of aromatic nitrogens is 2. The van der Waals surface area contributed by atoms with Gasteiger partial charge in [-0.2, -0.15) is 0 Å². The van der Waals surface area contributed by atoms with Crippen LogP contribution >= 0.6 is 0 Å². The molecule has 0 aliphatic carbocycles. The highest BCUT2D eigenvalue weighted by atomic mass is 16.5. The predicted molar refractivity (Wildman–Crippen MR) is 182 cm³/mol. The minimum absolute atomic E-state index is 0.0531. The van der Waals surface area contributed by atoms with Crippen molar-refractivity contribution in [2.45, 2.75) is 82.3 Å². The lowest BCUT2D eigenvalue weighted by Crippen LogP contribution is -2.60. The Balaban J connectivity index is 1.37. The lowest BCUT2D eigenvalue weighted by molar-refractivity contribution is -0.142. The topological polar surface area (TPSA) is 186 Å². The van der Waals surface area contributed by atoms with Gasteiger partial charge in [-0.15, -0.1) is 0 Å². The second kappa shape index (κ2) is 15.4. The van der Waals surface area contributed by atoms with E-state index in [2.05, 4.69) is 25.9 Å². The molecule has 0 unspecified atom stereocenters. The van der Waals surface area contributed by atoms with Gasteiger partial charge in [0.15, 0.2) is 0 Å². The minimum Gasteiger partial charge on any atom is -0.388 e. The van der Waals surface area contributed by atoms with Gasteiger partial charge in [0.1, 0.15) is 30.3 Å². The van der Waals surface area contributed by atoms with Crippen LogP contribution in [0.4, 0.5) is 0 Å². The Kier molecular flexibility index (Phi) is 10.8. The van der Waals surface area contributed by atoms with E-state index in [4.69, 9.17) is 4.74 Å². The number of aromatic amines is 1. The molecule has 266 valence electrons. The average molecular weight is 688 g/mol. The summed E-state index contributed by atoms with van der Waals surface area (Å²) in [6.07, 6.45) is 4.34. The third kappa shape index (κ3) is 7.81. The molecular formula is C36H45N7O7. The number of hydrogen-bond acceptors (Lipinski definition) is 8. The summed E-state index contributed by atoms with van der Waals surface area (Å²) in [4.78, 5) is 79.6. The van der Waals surface area contributed by atoms with E-state index < -0.39 is 72.5 Å². The highest BCUT2D eigenvalue weighted by molar-refractivity contribution is 5.98. The summed E-state index contributed by atoms with van der Waals surface area (Å²) in [5.41, 5.74) is 1.95. The molecule has 1 aromatic carbocycles. The van der Waals surface area contributed by atoms with E-state index >= 15 is 0 Å². The third-order valence-electron chi connectivity index (χ3n) is 9.74. The smallest absolute Gasteiger partial charge is 0.254 e. The van der Waals surface area contributed by atoms with Crippen LogP contribution < -0.4 is 16.0 Å². The molecule has 5 N–H and O–H groups in total. The average Bonchev–Trinajstić information content (AvgIpc) is 3.76. The van der Waals surface area contributed by atoms with Gasteiger partial charge in [-0.3, -0.25) is 29.0 Å². The highest BCUT2D eigenvalue weighted by Crippen LogP contribution is 2.24. The minimum atomic E-state index is -1.21. The first kappa shape index (κ1) is 35.0. The molecule has 6 rings (SSSR count). The van der Waals surface area contributed by atoms with E-state index in [1.807, 2.05) is 38.1 Å². The number of aliphatic hydroxyl groups excluding tert-OH is 1. The van der Waals surface area contributed by atoms with Crippen molar-refractivity contribution in [3.05, 3.63) is 66.1 Å². The van der Waals surface area contributed by atoms with Crippen LogP contribution in [0.5, 0.6) is 0 Å². The normalized spacial score (nSPS) is 27.0. The summed E-state index contributed by atoms with van der Waals surface area (Å²) in [6.45, 7) is 3.78. The summed E-state index contributed by atoms with van der Waals surface area (Å²) in [5.74, 6) is -2.36. The number of H-pyrrole nitrogens is 1. The van der Waals surface area contributed by atoms with Crippen LogP contribution in [0.1, 0.15) is 55.5 Å². The van der Waals surface area contributed by atoms with E-state index in [1.54, 1.807) is 6.20 Å². The van der Waals surface area contributed by atoms with Gasteiger partial charge in [-0.1, -0.05) is 32.0 Å². The highest BCUT2D eigenvalue weighted by Gasteiger charge is 2.41. The monoisotopic (exact) mass is 687 g/mol. The zero-order chi connectivity index (χ0) is 35.4. The fourth-order valence-electron chi connectivity index (χ4n) is 7.20. The molecule has 3 aliphatic heterocycles. The molecule has 3 saturated heterocycles. The Labute approximate surface area is 290 Å². The fourth-order valence-corrected chi connectivity index (χ4v) is 7.20. The summed E-state index contributed by atoms with van der Waals surface area (Å²) < 4.78 is 5.91. The van der Waals surface area contributed by atoms with Crippen molar-refractivity contribution in [2.75, 3.05) is 26.2 Å². The van der Waals surface area contributed by atoms with E-state index in [0.717, 1.165) is 16.5 Å². The van der Waals surface area contributed by atoms with Crippen LogP contribution in [0.3, 0.4) is 0 Å². The molecule has 3 aromatic rings. The predicted octanol–water partition coefficient (Wildman–Crippen LogP) is 0.903. The number of rotatable bonds is 5. The van der Waals surface area contributed by atoms with Gasteiger partial charge in [0, 0.05) is 54.6 Å². The number of nitrogens with zero attached hydrogens (tertiary/aromatic N) is 3. The molecule has 3 aliphatic rings. The van der Waals surface area contributed by atoms with E-state index in [9.17, 15) is 29.1 Å². The van der Waals surface area contributed by atoms with Crippen molar-refractivity contribution in [2.24, 2.45) is 5.92 Å². The summed E-state index contributed by atoms with van der Waals surface area (Å²) in [7, 11) is 0. The van der Waals surface area contributed by atoms with Gasteiger partial charge < -0.3 is 40.6 Å². The molecule has 0 spiro atoms. The number of fused-ring (bicyclic) bond motifs is 4. The molecule has 14 nitrogen and oxygen atoms in total. The second-order valence-electron chi connectivity index (χ2n) is 13.8. The van der Waals surface area contributed by atoms with Gasteiger partial charge in [-0.05, 0) is 55.4 Å². The number of pyridine rings is 1. The number of amides is 5. The summed E-state index contributed by atoms with van der Waals surface area (Å²) in [6, 6.07) is 7.14. The first-order chi connectivity index (χ1) is 24.1. The molecule has 5 amide bonds. The Morgan fingerprint density at radius 2 is 1.78 bits per heavy atom. The van der Waals surface area contributed by atoms with Crippen molar-refractivity contribution in [1.29, 1.82) is 0 Å². The molecule has 2 bridgehead atoms. The zero-order valence-corrected chi connectivity index (χ0v) is 28.3.